The van der Waals surface area contributed by atoms with Gasteiger partial charge in [0.25, 0.3) is 16.6 Å². The molecule has 0 N–H and O–H groups in total. The van der Waals surface area contributed by atoms with E-state index in [4.69, 9.17) is 43.5 Å². The van der Waals surface area contributed by atoms with Crippen LogP contribution in [0.5, 0.6) is 0 Å². The largest absolute Gasteiger partial charge is 0.463 e. The Morgan fingerprint density at radius 3 is 1.57 bits per heavy atom. The van der Waals surface area contributed by atoms with Crippen LogP contribution in [0.4, 0.5) is 0 Å². The third kappa shape index (κ3) is 13.9. The molecule has 0 unspecified atom stereocenters. The Labute approximate surface area is 498 Å². The number of ether oxygens (including phenoxy) is 5. The summed E-state index contributed by atoms with van der Waals surface area (Å²) in [6.07, 6.45) is 3.06. The minimum Gasteiger partial charge on any atom is -0.463 e. The zero-order valence-corrected chi connectivity index (χ0v) is 55.5. The number of hydrogen-bond acceptors (Lipinski definition) is 9. The quantitative estimate of drug-likeness (QED) is 0.0433. The van der Waals surface area contributed by atoms with Crippen molar-refractivity contribution < 1.29 is 41.8 Å². The molecule has 0 aromatic heterocycles. The summed E-state index contributed by atoms with van der Waals surface area (Å²) in [7, 11) is -8.16. The van der Waals surface area contributed by atoms with Crippen molar-refractivity contribution in [3.63, 3.8) is 0 Å². The van der Waals surface area contributed by atoms with E-state index in [0.717, 1.165) is 48.5 Å². The van der Waals surface area contributed by atoms with Gasteiger partial charge in [-0.25, -0.2) is 0 Å². The lowest BCUT2D eigenvalue weighted by Gasteiger charge is -2.55. The maximum absolute atomic E-state index is 12.6. The maximum atomic E-state index is 12.6. The maximum Gasteiger partial charge on any atom is 0.311 e. The van der Waals surface area contributed by atoms with Gasteiger partial charge >= 0.3 is 5.97 Å². The summed E-state index contributed by atoms with van der Waals surface area (Å²) in [5.41, 5.74) is 1.61. The average molecular weight is 1170 g/mol. The lowest BCUT2D eigenvalue weighted by Crippen LogP contribution is -2.70. The number of benzene rings is 4. The van der Waals surface area contributed by atoms with Crippen molar-refractivity contribution in [2.45, 2.75) is 231 Å². The second-order valence-corrected chi connectivity index (χ2v) is 40.9. The second-order valence-electron chi connectivity index (χ2n) is 27.6. The second kappa shape index (κ2) is 26.9. The molecule has 8 rings (SSSR count). The van der Waals surface area contributed by atoms with E-state index in [0.29, 0.717) is 32.3 Å². The van der Waals surface area contributed by atoms with Gasteiger partial charge in [0.15, 0.2) is 8.32 Å². The van der Waals surface area contributed by atoms with Crippen molar-refractivity contribution in [3.8, 4) is 0 Å². The molecule has 4 fully saturated rings. The normalized spacial score (nSPS) is 27.7. The Bertz CT molecular complexity index is 2590. The summed E-state index contributed by atoms with van der Waals surface area (Å²) in [6, 6.07) is 47.0. The van der Waals surface area contributed by atoms with Crippen LogP contribution in [0.3, 0.4) is 0 Å². The standard InChI is InChI=1S/C70H102O9Si3/c1-17-80(18-2,19-3)79-66-52(7)65-63(76-64(66)46-61-51(6)49(4)44-53(74-61)40-41-59-50(5)45-54(75-59)48-72-67(71)68(8,9)10)47-62(78-82(70(14,15)16,57-36-28-22-29-37-57)58-38-30-23-31-39-58)60(77-65)42-43-73-81(69(11,12)13,55-32-24-20-25-33-55)56-34-26-21-27-35-56/h20-39,49,52-54,59-66H,5-6,17-19,40-48H2,1-4,7-16H3/t49-,52+,53+,54-,59+,60-,61-,62-,63+,64+,65+,66-/m1/s1. The van der Waals surface area contributed by atoms with Gasteiger partial charge in [0, 0.05) is 31.8 Å². The van der Waals surface area contributed by atoms with Gasteiger partial charge in [-0.3, -0.25) is 4.79 Å². The fraction of sp³-hybridized carbons (Fsp3) is 0.586. The first-order valence-corrected chi connectivity index (χ1v) is 37.6. The van der Waals surface area contributed by atoms with Crippen LogP contribution < -0.4 is 20.7 Å². The molecule has 82 heavy (non-hydrogen) atoms. The highest BCUT2D eigenvalue weighted by atomic mass is 28.4. The molecule has 0 saturated carbocycles. The molecule has 12 heteroatoms. The topological polar surface area (TPSA) is 90.9 Å². The Morgan fingerprint density at radius 1 is 0.585 bits per heavy atom. The Morgan fingerprint density at radius 2 is 1.09 bits per heavy atom. The summed E-state index contributed by atoms with van der Waals surface area (Å²) in [5.74, 6) is 0.0588. The SMILES string of the molecule is C=C1C[C@H](COC(=O)C(C)(C)C)O[C@H]1CC[C@H]1C[C@@H](C)C(=C)[C@@H](C[C@@H]2O[C@H]3C[C@@H](O[Si](c4ccccc4)(c4ccccc4)C(C)(C)C)[C@@H](CCO[Si](c4ccccc4)(c4ccccc4)C(C)(C)C)O[C@H]3[C@H](C)[C@H]2O[Si](CC)(CC)CC)O1. The third-order valence-electron chi connectivity index (χ3n) is 19.1. The summed E-state index contributed by atoms with van der Waals surface area (Å²) < 4.78 is 58.5. The van der Waals surface area contributed by atoms with Gasteiger partial charge in [0.05, 0.1) is 66.5 Å². The Balaban J connectivity index is 1.12. The Hall–Kier alpha value is -3.80. The summed E-state index contributed by atoms with van der Waals surface area (Å²) >= 11 is 0. The van der Waals surface area contributed by atoms with Gasteiger partial charge in [-0.05, 0) is 112 Å². The number of fused-ring (bicyclic) bond motifs is 1. The van der Waals surface area contributed by atoms with E-state index in [9.17, 15) is 4.79 Å². The number of carbonyl (C=O) groups excluding carboxylic acids is 1. The fourth-order valence-corrected chi connectivity index (χ4v) is 26.3. The van der Waals surface area contributed by atoms with Crippen LogP contribution in [0, 0.1) is 17.3 Å². The molecule has 4 aromatic rings. The molecule has 4 saturated heterocycles. The van der Waals surface area contributed by atoms with Gasteiger partial charge < -0.3 is 37.0 Å². The first kappa shape index (κ1) is 64.2. The molecule has 0 aliphatic carbocycles. The van der Waals surface area contributed by atoms with Gasteiger partial charge in [-0.15, -0.1) is 0 Å². The van der Waals surface area contributed by atoms with Crippen LogP contribution in [-0.2, 0) is 41.8 Å². The Kier molecular flexibility index (Phi) is 21.0. The van der Waals surface area contributed by atoms with Crippen LogP contribution in [0.2, 0.25) is 28.2 Å². The molecule has 0 amide bonds. The molecule has 4 aromatic carbocycles. The molecule has 9 nitrogen and oxygen atoms in total. The zero-order chi connectivity index (χ0) is 59.3. The van der Waals surface area contributed by atoms with E-state index in [1.807, 2.05) is 20.8 Å². The van der Waals surface area contributed by atoms with Crippen molar-refractivity contribution in [1.82, 2.24) is 0 Å². The molecule has 0 bridgehead atoms. The first-order valence-electron chi connectivity index (χ1n) is 31.3. The highest BCUT2D eigenvalue weighted by Crippen LogP contribution is 2.47. The van der Waals surface area contributed by atoms with Crippen molar-refractivity contribution in [2.75, 3.05) is 13.2 Å². The molecular formula is C70H102O9Si3. The van der Waals surface area contributed by atoms with Gasteiger partial charge in [-0.1, -0.05) is 211 Å². The van der Waals surface area contributed by atoms with Gasteiger partial charge in [0.1, 0.15) is 6.61 Å². The average Bonchev–Trinajstić information content (AvgIpc) is 3.74. The van der Waals surface area contributed by atoms with Gasteiger partial charge in [-0.2, -0.15) is 0 Å². The molecule has 4 aliphatic rings. The highest BCUT2D eigenvalue weighted by molar-refractivity contribution is 7.00. The minimum absolute atomic E-state index is 0.0114. The van der Waals surface area contributed by atoms with Crippen LogP contribution in [0.25, 0.3) is 0 Å². The van der Waals surface area contributed by atoms with E-state index >= 15 is 0 Å². The number of carbonyl (C=O) groups is 1. The van der Waals surface area contributed by atoms with E-state index < -0.39 is 30.4 Å². The first-order chi connectivity index (χ1) is 38.9. The highest BCUT2D eigenvalue weighted by Gasteiger charge is 2.58. The molecule has 0 spiro atoms. The predicted molar refractivity (Wildman–Crippen MR) is 342 cm³/mol. The fourth-order valence-electron chi connectivity index (χ4n) is 14.1. The van der Waals surface area contributed by atoms with Crippen molar-refractivity contribution in [3.05, 3.63) is 146 Å². The summed E-state index contributed by atoms with van der Waals surface area (Å²) in [4.78, 5) is 12.6. The van der Waals surface area contributed by atoms with Crippen LogP contribution in [0.15, 0.2) is 146 Å². The van der Waals surface area contributed by atoms with Crippen molar-refractivity contribution in [2.24, 2.45) is 17.3 Å². The van der Waals surface area contributed by atoms with Crippen molar-refractivity contribution in [1.29, 1.82) is 0 Å². The number of rotatable bonds is 22. The lowest BCUT2D eigenvalue weighted by molar-refractivity contribution is -0.264. The monoisotopic (exact) mass is 1170 g/mol. The van der Waals surface area contributed by atoms with E-state index in [2.05, 4.69) is 204 Å². The van der Waals surface area contributed by atoms with Crippen molar-refractivity contribution >= 4 is 51.7 Å². The zero-order valence-electron chi connectivity index (χ0n) is 52.5. The predicted octanol–water partition coefficient (Wildman–Crippen LogP) is 13.7. The molecular weight excluding hydrogens is 1070 g/mol. The third-order valence-corrected chi connectivity index (χ3v) is 33.8. The molecule has 0 radical (unpaired) electrons. The lowest BCUT2D eigenvalue weighted by atomic mass is 9.79. The van der Waals surface area contributed by atoms with Crippen LogP contribution in [0.1, 0.15) is 142 Å². The van der Waals surface area contributed by atoms with E-state index in [-0.39, 0.29) is 95.5 Å². The molecule has 4 aliphatic heterocycles. The molecule has 448 valence electrons. The van der Waals surface area contributed by atoms with Crippen LogP contribution in [-0.4, -0.2) is 105 Å². The smallest absolute Gasteiger partial charge is 0.311 e. The van der Waals surface area contributed by atoms with E-state index in [1.54, 1.807) is 0 Å². The van der Waals surface area contributed by atoms with Gasteiger partial charge in [0.2, 0.25) is 0 Å². The summed E-state index contributed by atoms with van der Waals surface area (Å²) in [5, 5.41) is 4.56. The van der Waals surface area contributed by atoms with E-state index in [1.165, 1.54) is 20.7 Å². The number of esters is 1. The molecule has 12 atom stereocenters. The van der Waals surface area contributed by atoms with Crippen LogP contribution >= 0.6 is 0 Å². The number of hydrogen-bond donors (Lipinski definition) is 0. The molecule has 4 heterocycles. The minimum atomic E-state index is -3.09. The summed E-state index contributed by atoms with van der Waals surface area (Å²) in [6.45, 7) is 41.3.